The molecule has 6 nitrogen and oxygen atoms in total. The maximum absolute atomic E-state index is 10.7. The SMILES string of the molecule is O=C(O)c1cnc(Cc2ccccc2O)nc1O. The number of nitrogens with zero attached hydrogens (tertiary/aromatic N) is 2. The lowest BCUT2D eigenvalue weighted by molar-refractivity contribution is 0.0692. The Labute approximate surface area is 102 Å². The molecule has 18 heavy (non-hydrogen) atoms. The van der Waals surface area contributed by atoms with Crippen molar-refractivity contribution in [3.8, 4) is 11.6 Å². The quantitative estimate of drug-likeness (QED) is 0.751. The van der Waals surface area contributed by atoms with E-state index in [1.165, 1.54) is 6.07 Å². The Bertz CT molecular complexity index is 598. The molecule has 0 fully saturated rings. The first kappa shape index (κ1) is 11.8. The molecule has 2 aromatic rings. The number of aromatic hydroxyl groups is 2. The van der Waals surface area contributed by atoms with Gasteiger partial charge in [0.05, 0.1) is 0 Å². The highest BCUT2D eigenvalue weighted by Crippen LogP contribution is 2.19. The maximum atomic E-state index is 10.7. The first-order chi connectivity index (χ1) is 8.58. The summed E-state index contributed by atoms with van der Waals surface area (Å²) in [4.78, 5) is 18.2. The van der Waals surface area contributed by atoms with Gasteiger partial charge in [0.1, 0.15) is 17.1 Å². The van der Waals surface area contributed by atoms with Crippen LogP contribution in [-0.4, -0.2) is 31.3 Å². The molecule has 0 aliphatic carbocycles. The van der Waals surface area contributed by atoms with Crippen LogP contribution < -0.4 is 0 Å². The first-order valence-electron chi connectivity index (χ1n) is 5.13. The summed E-state index contributed by atoms with van der Waals surface area (Å²) >= 11 is 0. The van der Waals surface area contributed by atoms with Crippen LogP contribution in [0.3, 0.4) is 0 Å². The number of para-hydroxylation sites is 1. The molecule has 0 aliphatic heterocycles. The topological polar surface area (TPSA) is 104 Å². The van der Waals surface area contributed by atoms with Crippen LogP contribution >= 0.6 is 0 Å². The summed E-state index contributed by atoms with van der Waals surface area (Å²) in [6, 6.07) is 6.66. The maximum Gasteiger partial charge on any atom is 0.342 e. The van der Waals surface area contributed by atoms with Gasteiger partial charge in [0.15, 0.2) is 0 Å². The van der Waals surface area contributed by atoms with E-state index in [-0.39, 0.29) is 23.6 Å². The van der Waals surface area contributed by atoms with Crippen molar-refractivity contribution in [1.82, 2.24) is 9.97 Å². The van der Waals surface area contributed by atoms with Crippen LogP contribution in [0.5, 0.6) is 11.6 Å². The normalized spacial score (nSPS) is 10.2. The van der Waals surface area contributed by atoms with Crippen molar-refractivity contribution >= 4 is 5.97 Å². The summed E-state index contributed by atoms with van der Waals surface area (Å²) in [5.74, 6) is -1.54. The van der Waals surface area contributed by atoms with Crippen molar-refractivity contribution < 1.29 is 20.1 Å². The second kappa shape index (κ2) is 4.70. The number of phenols is 1. The Morgan fingerprint density at radius 1 is 1.22 bits per heavy atom. The average molecular weight is 246 g/mol. The lowest BCUT2D eigenvalue weighted by Gasteiger charge is -2.04. The van der Waals surface area contributed by atoms with E-state index in [4.69, 9.17) is 5.11 Å². The average Bonchev–Trinajstić information content (AvgIpc) is 2.32. The number of rotatable bonds is 3. The third-order valence-corrected chi connectivity index (χ3v) is 2.39. The van der Waals surface area contributed by atoms with Gasteiger partial charge in [-0.25, -0.2) is 9.78 Å². The molecule has 3 N–H and O–H groups in total. The third kappa shape index (κ3) is 2.37. The smallest absolute Gasteiger partial charge is 0.342 e. The van der Waals surface area contributed by atoms with Gasteiger partial charge in [0.2, 0.25) is 5.88 Å². The molecule has 1 heterocycles. The van der Waals surface area contributed by atoms with E-state index < -0.39 is 11.8 Å². The molecule has 0 saturated heterocycles. The van der Waals surface area contributed by atoms with Gasteiger partial charge in [-0.05, 0) is 6.07 Å². The Hall–Kier alpha value is -2.63. The molecule has 2 rings (SSSR count). The number of hydrogen-bond donors (Lipinski definition) is 3. The molecular weight excluding hydrogens is 236 g/mol. The fourth-order valence-electron chi connectivity index (χ4n) is 1.47. The number of benzene rings is 1. The molecule has 6 heteroatoms. The number of carboxylic acid groups (broad SMARTS) is 1. The van der Waals surface area contributed by atoms with Crippen molar-refractivity contribution in [2.45, 2.75) is 6.42 Å². The summed E-state index contributed by atoms with van der Waals surface area (Å²) in [5, 5.41) is 27.7. The molecule has 0 amide bonds. The summed E-state index contributed by atoms with van der Waals surface area (Å²) in [6.07, 6.45) is 1.25. The van der Waals surface area contributed by atoms with E-state index in [1.807, 2.05) is 0 Å². The molecule has 0 spiro atoms. The monoisotopic (exact) mass is 246 g/mol. The minimum absolute atomic E-state index is 0.0999. The number of hydrogen-bond acceptors (Lipinski definition) is 5. The van der Waals surface area contributed by atoms with Gasteiger partial charge < -0.3 is 15.3 Å². The second-order valence-corrected chi connectivity index (χ2v) is 3.63. The zero-order chi connectivity index (χ0) is 13.1. The van der Waals surface area contributed by atoms with Crippen LogP contribution in [0.2, 0.25) is 0 Å². The van der Waals surface area contributed by atoms with Gasteiger partial charge in [-0.1, -0.05) is 18.2 Å². The highest BCUT2D eigenvalue weighted by atomic mass is 16.4. The lowest BCUT2D eigenvalue weighted by atomic mass is 10.1. The van der Waals surface area contributed by atoms with Crippen LogP contribution in [0.25, 0.3) is 0 Å². The predicted molar refractivity (Wildman–Crippen MR) is 61.6 cm³/mol. The van der Waals surface area contributed by atoms with Crippen LogP contribution in [0.15, 0.2) is 30.5 Å². The van der Waals surface area contributed by atoms with E-state index in [0.29, 0.717) is 5.56 Å². The van der Waals surface area contributed by atoms with E-state index in [9.17, 15) is 15.0 Å². The number of aromatic nitrogens is 2. The number of carbonyl (C=O) groups is 1. The number of aromatic carboxylic acids is 1. The molecule has 0 unspecified atom stereocenters. The Kier molecular flexibility index (Phi) is 3.09. The van der Waals surface area contributed by atoms with Gasteiger partial charge in [-0.15, -0.1) is 0 Å². The van der Waals surface area contributed by atoms with Crippen molar-refractivity contribution in [1.29, 1.82) is 0 Å². The van der Waals surface area contributed by atoms with E-state index in [1.54, 1.807) is 18.2 Å². The second-order valence-electron chi connectivity index (χ2n) is 3.63. The molecule has 0 aliphatic rings. The molecule has 0 saturated carbocycles. The van der Waals surface area contributed by atoms with Crippen molar-refractivity contribution in [2.24, 2.45) is 0 Å². The molecule has 0 atom stereocenters. The van der Waals surface area contributed by atoms with Crippen LogP contribution in [-0.2, 0) is 6.42 Å². The predicted octanol–water partition coefficient (Wildman–Crippen LogP) is 1.18. The van der Waals surface area contributed by atoms with Gasteiger partial charge in [0.25, 0.3) is 0 Å². The minimum Gasteiger partial charge on any atom is -0.508 e. The highest BCUT2D eigenvalue weighted by Gasteiger charge is 2.13. The molecule has 0 radical (unpaired) electrons. The number of carboxylic acids is 1. The van der Waals surface area contributed by atoms with E-state index in [0.717, 1.165) is 6.20 Å². The van der Waals surface area contributed by atoms with Gasteiger partial charge in [-0.3, -0.25) is 0 Å². The summed E-state index contributed by atoms with van der Waals surface area (Å²) in [7, 11) is 0. The largest absolute Gasteiger partial charge is 0.508 e. The minimum atomic E-state index is -1.29. The van der Waals surface area contributed by atoms with Crippen molar-refractivity contribution in [3.63, 3.8) is 0 Å². The van der Waals surface area contributed by atoms with Gasteiger partial charge >= 0.3 is 5.97 Å². The Balaban J connectivity index is 2.29. The Morgan fingerprint density at radius 3 is 2.56 bits per heavy atom. The zero-order valence-corrected chi connectivity index (χ0v) is 9.24. The lowest BCUT2D eigenvalue weighted by Crippen LogP contribution is -2.03. The fraction of sp³-hybridized carbons (Fsp3) is 0.0833. The third-order valence-electron chi connectivity index (χ3n) is 2.39. The van der Waals surface area contributed by atoms with E-state index in [2.05, 4.69) is 9.97 Å². The van der Waals surface area contributed by atoms with Crippen LogP contribution in [0.4, 0.5) is 0 Å². The van der Waals surface area contributed by atoms with E-state index >= 15 is 0 Å². The number of phenolic OH excluding ortho intramolecular Hbond substituents is 1. The van der Waals surface area contributed by atoms with Crippen LogP contribution in [0.1, 0.15) is 21.7 Å². The van der Waals surface area contributed by atoms with Crippen molar-refractivity contribution in [2.75, 3.05) is 0 Å². The summed E-state index contributed by atoms with van der Waals surface area (Å²) in [5.41, 5.74) is 0.246. The van der Waals surface area contributed by atoms with Gasteiger partial charge in [0, 0.05) is 18.2 Å². The standard InChI is InChI=1S/C12H10N2O4/c15-9-4-2-1-3-7(9)5-10-13-6-8(12(17)18)11(16)14-10/h1-4,6,15H,5H2,(H,17,18)(H,13,14,16). The van der Waals surface area contributed by atoms with Gasteiger partial charge in [-0.2, -0.15) is 4.98 Å². The highest BCUT2D eigenvalue weighted by molar-refractivity contribution is 5.89. The molecule has 1 aromatic heterocycles. The molecule has 0 bridgehead atoms. The van der Waals surface area contributed by atoms with Crippen LogP contribution in [0, 0.1) is 0 Å². The van der Waals surface area contributed by atoms with Crippen molar-refractivity contribution in [3.05, 3.63) is 47.4 Å². The summed E-state index contributed by atoms with van der Waals surface area (Å²) < 4.78 is 0. The fourth-order valence-corrected chi connectivity index (χ4v) is 1.47. The molecule has 1 aromatic carbocycles. The Morgan fingerprint density at radius 2 is 1.94 bits per heavy atom. The summed E-state index contributed by atoms with van der Waals surface area (Å²) in [6.45, 7) is 0. The zero-order valence-electron chi connectivity index (χ0n) is 9.24. The molecule has 92 valence electrons. The first-order valence-corrected chi connectivity index (χ1v) is 5.13. The molecular formula is C12H10N2O4.